The van der Waals surface area contributed by atoms with Gasteiger partial charge in [-0.25, -0.2) is 0 Å². The molecular formula is C17H18BrClO2. The highest BCUT2D eigenvalue weighted by Gasteiger charge is 2.16. The van der Waals surface area contributed by atoms with Gasteiger partial charge in [0.25, 0.3) is 0 Å². The van der Waals surface area contributed by atoms with Crippen molar-refractivity contribution in [1.29, 1.82) is 0 Å². The average molecular weight is 370 g/mol. The van der Waals surface area contributed by atoms with E-state index >= 15 is 0 Å². The van der Waals surface area contributed by atoms with E-state index in [9.17, 15) is 0 Å². The van der Waals surface area contributed by atoms with Crippen LogP contribution in [-0.2, 0) is 6.42 Å². The van der Waals surface area contributed by atoms with Crippen LogP contribution in [0.1, 0.15) is 21.5 Å². The van der Waals surface area contributed by atoms with E-state index in [0.717, 1.165) is 12.0 Å². The first-order valence-corrected chi connectivity index (χ1v) is 7.95. The molecule has 0 aromatic heterocycles. The van der Waals surface area contributed by atoms with Crippen LogP contribution in [-0.4, -0.2) is 14.2 Å². The molecule has 4 heteroatoms. The van der Waals surface area contributed by atoms with Crippen molar-refractivity contribution in [2.45, 2.75) is 18.2 Å². The van der Waals surface area contributed by atoms with Crippen LogP contribution in [0.2, 0.25) is 5.02 Å². The summed E-state index contributed by atoms with van der Waals surface area (Å²) in [6, 6.07) is 12.2. The van der Waals surface area contributed by atoms with Crippen LogP contribution < -0.4 is 9.47 Å². The third-order valence-electron chi connectivity index (χ3n) is 3.38. The Balaban J connectivity index is 2.26. The van der Waals surface area contributed by atoms with Crippen molar-refractivity contribution in [3.63, 3.8) is 0 Å². The van der Waals surface area contributed by atoms with Gasteiger partial charge in [0.15, 0.2) is 11.5 Å². The maximum absolute atomic E-state index is 6.36. The monoisotopic (exact) mass is 368 g/mol. The van der Waals surface area contributed by atoms with Gasteiger partial charge in [0.05, 0.1) is 14.2 Å². The maximum Gasteiger partial charge on any atom is 0.162 e. The summed E-state index contributed by atoms with van der Waals surface area (Å²) in [4.78, 5) is 0.118. The molecule has 0 aliphatic carbocycles. The summed E-state index contributed by atoms with van der Waals surface area (Å²) in [5.74, 6) is 1.33. The van der Waals surface area contributed by atoms with E-state index in [-0.39, 0.29) is 4.83 Å². The van der Waals surface area contributed by atoms with E-state index in [2.05, 4.69) is 47.1 Å². The van der Waals surface area contributed by atoms with Crippen LogP contribution in [0.15, 0.2) is 36.4 Å². The fourth-order valence-corrected chi connectivity index (χ4v) is 3.32. The lowest BCUT2D eigenvalue weighted by atomic mass is 10.0. The first kappa shape index (κ1) is 16.2. The Kier molecular flexibility index (Phi) is 5.54. The SMILES string of the molecule is COc1cc(Cl)c(C(Br)Cc2ccc(C)cc2)cc1OC. The van der Waals surface area contributed by atoms with E-state index in [1.54, 1.807) is 20.3 Å². The number of ether oxygens (including phenoxy) is 2. The molecule has 112 valence electrons. The highest BCUT2D eigenvalue weighted by Crippen LogP contribution is 2.39. The van der Waals surface area contributed by atoms with Gasteiger partial charge >= 0.3 is 0 Å². The van der Waals surface area contributed by atoms with Gasteiger partial charge in [-0.05, 0) is 30.5 Å². The number of alkyl halides is 1. The van der Waals surface area contributed by atoms with Crippen molar-refractivity contribution < 1.29 is 9.47 Å². The zero-order valence-corrected chi connectivity index (χ0v) is 14.7. The van der Waals surface area contributed by atoms with Gasteiger partial charge < -0.3 is 9.47 Å². The Hall–Kier alpha value is -1.19. The smallest absolute Gasteiger partial charge is 0.162 e. The Bertz CT molecular complexity index is 611. The Labute approximate surface area is 139 Å². The number of aryl methyl sites for hydroxylation is 1. The number of rotatable bonds is 5. The summed E-state index contributed by atoms with van der Waals surface area (Å²) in [5, 5.41) is 0.668. The van der Waals surface area contributed by atoms with Gasteiger partial charge in [0, 0.05) is 15.9 Å². The van der Waals surface area contributed by atoms with Gasteiger partial charge in [0.2, 0.25) is 0 Å². The summed E-state index contributed by atoms with van der Waals surface area (Å²) in [6.45, 7) is 2.08. The van der Waals surface area contributed by atoms with Crippen LogP contribution in [0.25, 0.3) is 0 Å². The molecule has 2 nitrogen and oxygen atoms in total. The van der Waals surface area contributed by atoms with Crippen molar-refractivity contribution in [2.75, 3.05) is 14.2 Å². The van der Waals surface area contributed by atoms with E-state index in [1.165, 1.54) is 11.1 Å². The number of hydrogen-bond donors (Lipinski definition) is 0. The molecule has 0 spiro atoms. The third kappa shape index (κ3) is 3.92. The van der Waals surface area contributed by atoms with Crippen LogP contribution >= 0.6 is 27.5 Å². The molecule has 0 fully saturated rings. The lowest BCUT2D eigenvalue weighted by Gasteiger charge is -2.16. The van der Waals surface area contributed by atoms with Crippen LogP contribution in [0.3, 0.4) is 0 Å². The fraction of sp³-hybridized carbons (Fsp3) is 0.294. The molecule has 1 unspecified atom stereocenters. The highest BCUT2D eigenvalue weighted by molar-refractivity contribution is 9.09. The number of benzene rings is 2. The van der Waals surface area contributed by atoms with Gasteiger partial charge in [-0.15, -0.1) is 0 Å². The number of halogens is 2. The zero-order valence-electron chi connectivity index (χ0n) is 12.3. The van der Waals surface area contributed by atoms with Crippen molar-refractivity contribution in [3.05, 3.63) is 58.1 Å². The van der Waals surface area contributed by atoms with E-state index in [0.29, 0.717) is 16.5 Å². The molecule has 0 aliphatic rings. The van der Waals surface area contributed by atoms with Crippen LogP contribution in [0, 0.1) is 6.92 Å². The minimum absolute atomic E-state index is 0.118. The second kappa shape index (κ2) is 7.19. The zero-order chi connectivity index (χ0) is 15.4. The standard InChI is InChI=1S/C17H18BrClO2/c1-11-4-6-12(7-5-11)8-14(18)13-9-16(20-2)17(21-3)10-15(13)19/h4-7,9-10,14H,8H2,1-3H3. The van der Waals surface area contributed by atoms with Crippen molar-refractivity contribution in [1.82, 2.24) is 0 Å². The second-order valence-corrected chi connectivity index (χ2v) is 6.40. The quantitative estimate of drug-likeness (QED) is 0.662. The van der Waals surface area contributed by atoms with Crippen LogP contribution in [0.5, 0.6) is 11.5 Å². The largest absolute Gasteiger partial charge is 0.493 e. The molecule has 2 aromatic rings. The lowest BCUT2D eigenvalue weighted by Crippen LogP contribution is -1.99. The van der Waals surface area contributed by atoms with Gasteiger partial charge in [0.1, 0.15) is 0 Å². The highest BCUT2D eigenvalue weighted by atomic mass is 79.9. The number of hydrogen-bond acceptors (Lipinski definition) is 2. The molecular weight excluding hydrogens is 352 g/mol. The molecule has 0 N–H and O–H groups in total. The van der Waals surface area contributed by atoms with Gasteiger partial charge in [-0.2, -0.15) is 0 Å². The Morgan fingerprint density at radius 1 is 1.05 bits per heavy atom. The van der Waals surface area contributed by atoms with Crippen molar-refractivity contribution in [2.24, 2.45) is 0 Å². The summed E-state index contributed by atoms with van der Waals surface area (Å²) >= 11 is 10.1. The Morgan fingerprint density at radius 3 is 2.19 bits per heavy atom. The fourth-order valence-electron chi connectivity index (χ4n) is 2.15. The Morgan fingerprint density at radius 2 is 1.62 bits per heavy atom. The predicted molar refractivity (Wildman–Crippen MR) is 91.1 cm³/mol. The lowest BCUT2D eigenvalue weighted by molar-refractivity contribution is 0.354. The van der Waals surface area contributed by atoms with E-state index in [4.69, 9.17) is 21.1 Å². The first-order valence-electron chi connectivity index (χ1n) is 6.66. The molecule has 0 saturated heterocycles. The van der Waals surface area contributed by atoms with E-state index in [1.807, 2.05) is 6.07 Å². The molecule has 0 aliphatic heterocycles. The number of methoxy groups -OCH3 is 2. The molecule has 1 atom stereocenters. The van der Waals surface area contributed by atoms with Gasteiger partial charge in [-0.1, -0.05) is 57.4 Å². The third-order valence-corrected chi connectivity index (χ3v) is 4.52. The summed E-state index contributed by atoms with van der Waals surface area (Å²) < 4.78 is 10.6. The minimum Gasteiger partial charge on any atom is -0.493 e. The molecule has 2 aromatic carbocycles. The molecule has 2 rings (SSSR count). The second-order valence-electron chi connectivity index (χ2n) is 4.89. The van der Waals surface area contributed by atoms with Gasteiger partial charge in [-0.3, -0.25) is 0 Å². The summed E-state index contributed by atoms with van der Waals surface area (Å²) in [5.41, 5.74) is 3.51. The summed E-state index contributed by atoms with van der Waals surface area (Å²) in [7, 11) is 3.23. The van der Waals surface area contributed by atoms with E-state index < -0.39 is 0 Å². The van der Waals surface area contributed by atoms with Crippen molar-refractivity contribution in [3.8, 4) is 11.5 Å². The topological polar surface area (TPSA) is 18.5 Å². The first-order chi connectivity index (χ1) is 10.0. The molecule has 0 amide bonds. The normalized spacial score (nSPS) is 12.0. The molecule has 0 radical (unpaired) electrons. The minimum atomic E-state index is 0.118. The molecule has 0 heterocycles. The molecule has 0 bridgehead atoms. The molecule has 0 saturated carbocycles. The maximum atomic E-state index is 6.36. The van der Waals surface area contributed by atoms with Crippen LogP contribution in [0.4, 0.5) is 0 Å². The van der Waals surface area contributed by atoms with Crippen molar-refractivity contribution >= 4 is 27.5 Å². The molecule has 21 heavy (non-hydrogen) atoms. The average Bonchev–Trinajstić information content (AvgIpc) is 2.49. The predicted octanol–water partition coefficient (Wildman–Crippen LogP) is 5.34. The summed E-state index contributed by atoms with van der Waals surface area (Å²) in [6.07, 6.45) is 0.857.